The molecule has 0 aromatic carbocycles. The molecule has 0 heterocycles. The Balaban J connectivity index is 5.37. The van der Waals surface area contributed by atoms with Gasteiger partial charge in [0.05, 0.1) is 26.4 Å². The zero-order chi connectivity index (χ0) is 73.2. The van der Waals surface area contributed by atoms with Crippen molar-refractivity contribution < 1.29 is 80.2 Å². The second kappa shape index (κ2) is 73.0. The molecular weight excluding hydrogens is 1310 g/mol. The SMILES string of the molecule is CC/C=C\C/C=C\C/C=C\C/C=C\C/C=C\CCCCCC(=O)OCC(COP(=O)(O)OCC(O)COP(=O)(O)OCC(COC(=O)CCCC/C=C\C/C=C\C/C=C\C/C=C\CC)OC(=O)CCCCCCCCCCCCC)OC(=O)CCCCCCCCCCCCCCCCC. The highest BCUT2D eigenvalue weighted by Gasteiger charge is 2.30. The van der Waals surface area contributed by atoms with Crippen LogP contribution in [-0.4, -0.2) is 96.7 Å². The molecule has 0 fully saturated rings. The summed E-state index contributed by atoms with van der Waals surface area (Å²) in [6.45, 7) is 4.58. The highest BCUT2D eigenvalue weighted by Crippen LogP contribution is 2.45. The lowest BCUT2D eigenvalue weighted by molar-refractivity contribution is -0.161. The first-order valence-electron chi connectivity index (χ1n) is 39.1. The Morgan fingerprint density at radius 2 is 0.520 bits per heavy atom. The molecule has 0 amide bonds. The molecule has 5 unspecified atom stereocenters. The average molecular weight is 1450 g/mol. The van der Waals surface area contributed by atoms with Gasteiger partial charge in [0.1, 0.15) is 19.3 Å². The monoisotopic (exact) mass is 1450 g/mol. The molecule has 0 rings (SSSR count). The minimum Gasteiger partial charge on any atom is -0.462 e. The summed E-state index contributed by atoms with van der Waals surface area (Å²) in [5.41, 5.74) is 0. The van der Waals surface area contributed by atoms with Crippen LogP contribution in [0.5, 0.6) is 0 Å². The molecule has 0 aromatic rings. The van der Waals surface area contributed by atoms with Gasteiger partial charge in [0.15, 0.2) is 12.2 Å². The zero-order valence-corrected chi connectivity index (χ0v) is 64.6. The quantitative estimate of drug-likeness (QED) is 0.0169. The second-order valence-electron chi connectivity index (χ2n) is 25.9. The number of esters is 4. The first-order chi connectivity index (χ1) is 48.7. The Morgan fingerprint density at radius 3 is 0.820 bits per heavy atom. The molecule has 0 aromatic heterocycles. The van der Waals surface area contributed by atoms with Crippen LogP contribution in [0, 0.1) is 0 Å². The lowest BCUT2D eigenvalue weighted by Crippen LogP contribution is -2.30. The number of ether oxygens (including phenoxy) is 4. The van der Waals surface area contributed by atoms with Gasteiger partial charge < -0.3 is 33.8 Å². The number of rotatable bonds is 73. The summed E-state index contributed by atoms with van der Waals surface area (Å²) in [5.74, 6) is -2.24. The fourth-order valence-corrected chi connectivity index (χ4v) is 11.9. The molecule has 0 bridgehead atoms. The van der Waals surface area contributed by atoms with Gasteiger partial charge in [-0.05, 0) is 109 Å². The predicted molar refractivity (Wildman–Crippen MR) is 408 cm³/mol. The van der Waals surface area contributed by atoms with Gasteiger partial charge in [0.25, 0.3) is 0 Å². The van der Waals surface area contributed by atoms with Crippen molar-refractivity contribution in [1.29, 1.82) is 0 Å². The summed E-state index contributed by atoms with van der Waals surface area (Å²) in [6, 6.07) is 0. The van der Waals surface area contributed by atoms with Crippen molar-refractivity contribution in [3.63, 3.8) is 0 Å². The van der Waals surface area contributed by atoms with Crippen molar-refractivity contribution in [2.75, 3.05) is 39.6 Å². The number of hydrogen-bond donors (Lipinski definition) is 3. The Labute approximate surface area is 607 Å². The molecular formula is C81H140O17P2. The van der Waals surface area contributed by atoms with Crippen molar-refractivity contribution in [3.05, 3.63) is 109 Å². The smallest absolute Gasteiger partial charge is 0.462 e. The van der Waals surface area contributed by atoms with Crippen molar-refractivity contribution >= 4 is 39.5 Å². The lowest BCUT2D eigenvalue weighted by Gasteiger charge is -2.21. The number of hydrogen-bond acceptors (Lipinski definition) is 15. The summed E-state index contributed by atoms with van der Waals surface area (Å²) in [7, 11) is -9.96. The third kappa shape index (κ3) is 72.1. The van der Waals surface area contributed by atoms with Crippen LogP contribution in [-0.2, 0) is 65.4 Å². The summed E-state index contributed by atoms with van der Waals surface area (Å²) < 4.78 is 68.5. The Kier molecular flexibility index (Phi) is 69.9. The molecule has 0 aliphatic heterocycles. The Bertz CT molecular complexity index is 2320. The van der Waals surface area contributed by atoms with E-state index in [0.717, 1.165) is 141 Å². The highest BCUT2D eigenvalue weighted by molar-refractivity contribution is 7.47. The van der Waals surface area contributed by atoms with E-state index >= 15 is 0 Å². The molecule has 17 nitrogen and oxygen atoms in total. The van der Waals surface area contributed by atoms with Gasteiger partial charge in [0, 0.05) is 25.7 Å². The van der Waals surface area contributed by atoms with Crippen LogP contribution in [0.4, 0.5) is 0 Å². The number of allylic oxidation sites excluding steroid dienone is 18. The van der Waals surface area contributed by atoms with Gasteiger partial charge in [-0.3, -0.25) is 37.3 Å². The lowest BCUT2D eigenvalue weighted by atomic mass is 10.0. The molecule has 0 spiro atoms. The summed E-state index contributed by atoms with van der Waals surface area (Å²) in [5, 5.41) is 10.6. The molecule has 0 radical (unpaired) electrons. The molecule has 19 heteroatoms. The highest BCUT2D eigenvalue weighted by atomic mass is 31.2. The van der Waals surface area contributed by atoms with Crippen LogP contribution in [0.3, 0.4) is 0 Å². The van der Waals surface area contributed by atoms with Gasteiger partial charge in [-0.25, -0.2) is 9.13 Å². The zero-order valence-electron chi connectivity index (χ0n) is 62.8. The van der Waals surface area contributed by atoms with Gasteiger partial charge >= 0.3 is 39.5 Å². The van der Waals surface area contributed by atoms with Crippen molar-refractivity contribution in [3.8, 4) is 0 Å². The first kappa shape index (κ1) is 95.7. The van der Waals surface area contributed by atoms with Crippen LogP contribution in [0.25, 0.3) is 0 Å². The van der Waals surface area contributed by atoms with E-state index in [1.54, 1.807) is 0 Å². The maximum Gasteiger partial charge on any atom is 0.472 e. The van der Waals surface area contributed by atoms with E-state index in [-0.39, 0.29) is 25.7 Å². The molecule has 100 heavy (non-hydrogen) atoms. The van der Waals surface area contributed by atoms with Crippen LogP contribution >= 0.6 is 15.6 Å². The third-order valence-electron chi connectivity index (χ3n) is 16.3. The van der Waals surface area contributed by atoms with Gasteiger partial charge in [-0.2, -0.15) is 0 Å². The van der Waals surface area contributed by atoms with E-state index in [0.29, 0.717) is 25.7 Å². The maximum absolute atomic E-state index is 13.1. The van der Waals surface area contributed by atoms with Gasteiger partial charge in [-0.1, -0.05) is 298 Å². The third-order valence-corrected chi connectivity index (χ3v) is 18.2. The van der Waals surface area contributed by atoms with Crippen LogP contribution in [0.2, 0.25) is 0 Å². The number of unbranched alkanes of at least 4 members (excludes halogenated alkanes) is 29. The molecule has 0 saturated heterocycles. The largest absolute Gasteiger partial charge is 0.472 e. The summed E-state index contributed by atoms with van der Waals surface area (Å²) >= 11 is 0. The minimum absolute atomic E-state index is 0.0871. The minimum atomic E-state index is -4.98. The van der Waals surface area contributed by atoms with Crippen LogP contribution in [0.1, 0.15) is 323 Å². The number of carbonyl (C=O) groups excluding carboxylic acids is 4. The molecule has 0 aliphatic rings. The maximum atomic E-state index is 13.1. The molecule has 0 aliphatic carbocycles. The van der Waals surface area contributed by atoms with E-state index in [9.17, 15) is 43.2 Å². The molecule has 0 saturated carbocycles. The first-order valence-corrected chi connectivity index (χ1v) is 42.1. The summed E-state index contributed by atoms with van der Waals surface area (Å²) in [4.78, 5) is 72.9. The standard InChI is InChI=1S/C81H140O17P2/c1-5-9-13-17-21-25-29-32-35-36-37-38-41-43-47-50-54-58-62-66-79(84)92-72-77(98-81(86)68-64-60-56-52-48-44-40-34-31-27-23-19-15-11-7-3)74-96-100(89,90)94-70-75(82)69-93-99(87,88)95-73-76(97-80(85)67-63-59-55-51-45-28-24-20-16-12-8-4)71-91-78(83)65-61-57-53-49-46-42-39-33-30-26-22-18-14-10-6-2/h9-10,13-14,21-22,25-26,32-33,35,37-39,43,46-47,49,75-77,82H,5-8,11-12,15-20,23-24,27-31,34,36,40-42,44-45,48,50-74H2,1-4H3,(H,87,88)(H,89,90)/b13-9-,14-10-,25-21-,26-22-,35-32-,38-37-,39-33-,47-43-,49-46-. The van der Waals surface area contributed by atoms with Crippen molar-refractivity contribution in [2.45, 2.75) is 341 Å². The number of carbonyl (C=O) groups is 4. The molecule has 3 N–H and O–H groups in total. The van der Waals surface area contributed by atoms with E-state index in [1.165, 1.54) is 103 Å². The predicted octanol–water partition coefficient (Wildman–Crippen LogP) is 22.6. The second-order valence-corrected chi connectivity index (χ2v) is 28.8. The normalized spacial score (nSPS) is 14.5. The van der Waals surface area contributed by atoms with E-state index in [2.05, 4.69) is 137 Å². The van der Waals surface area contributed by atoms with Crippen molar-refractivity contribution in [2.24, 2.45) is 0 Å². The fraction of sp³-hybridized carbons (Fsp3) is 0.728. The molecule has 5 atom stereocenters. The Morgan fingerprint density at radius 1 is 0.290 bits per heavy atom. The Hall–Kier alpha value is -4.28. The van der Waals surface area contributed by atoms with Gasteiger partial charge in [-0.15, -0.1) is 0 Å². The van der Waals surface area contributed by atoms with E-state index < -0.39 is 97.5 Å². The number of phosphoric acid groups is 2. The van der Waals surface area contributed by atoms with Gasteiger partial charge in [0.2, 0.25) is 0 Å². The van der Waals surface area contributed by atoms with E-state index in [4.69, 9.17) is 37.0 Å². The number of aliphatic hydroxyl groups excluding tert-OH is 1. The van der Waals surface area contributed by atoms with Crippen LogP contribution < -0.4 is 0 Å². The molecule has 576 valence electrons. The number of aliphatic hydroxyl groups is 1. The van der Waals surface area contributed by atoms with Crippen molar-refractivity contribution in [1.82, 2.24) is 0 Å². The number of phosphoric ester groups is 2. The van der Waals surface area contributed by atoms with E-state index in [1.807, 2.05) is 0 Å². The fourth-order valence-electron chi connectivity index (χ4n) is 10.4. The van der Waals surface area contributed by atoms with Crippen LogP contribution in [0.15, 0.2) is 109 Å². The summed E-state index contributed by atoms with van der Waals surface area (Å²) in [6.07, 6.45) is 78.0. The average Bonchev–Trinajstić information content (AvgIpc) is 0.985. The topological polar surface area (TPSA) is 237 Å².